The fourth-order valence-electron chi connectivity index (χ4n) is 2.82. The average Bonchev–Trinajstić information content (AvgIpc) is 2.95. The molecule has 2 amide bonds. The Balaban J connectivity index is 1.94. The van der Waals surface area contributed by atoms with E-state index in [-0.39, 0.29) is 30.4 Å². The van der Waals surface area contributed by atoms with E-state index in [0.29, 0.717) is 25.9 Å². The summed E-state index contributed by atoms with van der Waals surface area (Å²) >= 11 is 0. The van der Waals surface area contributed by atoms with Crippen molar-refractivity contribution in [3.8, 4) is 0 Å². The molecule has 0 bridgehead atoms. The van der Waals surface area contributed by atoms with Crippen LogP contribution in [-0.2, 0) is 19.1 Å². The minimum absolute atomic E-state index is 0.104. The molecule has 0 saturated carbocycles. The minimum Gasteiger partial charge on any atom is -0.459 e. The zero-order valence-electron chi connectivity index (χ0n) is 13.1. The lowest BCUT2D eigenvalue weighted by Crippen LogP contribution is -2.46. The Morgan fingerprint density at radius 1 is 1.24 bits per heavy atom. The predicted octanol–water partition coefficient (Wildman–Crippen LogP) is 0.942. The van der Waals surface area contributed by atoms with Crippen molar-refractivity contribution in [1.29, 1.82) is 0 Å². The van der Waals surface area contributed by atoms with Crippen LogP contribution < -0.4 is 0 Å². The number of amides is 2. The maximum Gasteiger partial charge on any atom is 0.323 e. The van der Waals surface area contributed by atoms with Gasteiger partial charge in [-0.2, -0.15) is 0 Å². The lowest BCUT2D eigenvalue weighted by Gasteiger charge is -2.27. The minimum atomic E-state index is -0.528. The molecule has 2 saturated heterocycles. The number of hydrogen-bond acceptors (Lipinski definition) is 5. The fourth-order valence-corrected chi connectivity index (χ4v) is 2.82. The van der Waals surface area contributed by atoms with Crippen molar-refractivity contribution in [3.05, 3.63) is 0 Å². The Labute approximate surface area is 125 Å². The van der Waals surface area contributed by atoms with E-state index in [9.17, 15) is 14.4 Å². The SMILES string of the molecule is CC(C)(C)OC(=O)[C@H]1CCCN1CC(=O)N1CCCC1=O. The van der Waals surface area contributed by atoms with Gasteiger partial charge < -0.3 is 4.74 Å². The number of esters is 1. The Hall–Kier alpha value is -1.43. The highest BCUT2D eigenvalue weighted by atomic mass is 16.6. The molecule has 118 valence electrons. The predicted molar refractivity (Wildman–Crippen MR) is 76.4 cm³/mol. The largest absolute Gasteiger partial charge is 0.459 e. The molecule has 2 aliphatic rings. The van der Waals surface area contributed by atoms with Crippen molar-refractivity contribution in [1.82, 2.24) is 9.80 Å². The molecular formula is C15H24N2O4. The molecular weight excluding hydrogens is 272 g/mol. The molecule has 2 aliphatic heterocycles. The van der Waals surface area contributed by atoms with Crippen molar-refractivity contribution >= 4 is 17.8 Å². The first kappa shape index (κ1) is 15.9. The van der Waals surface area contributed by atoms with Crippen LogP contribution in [0, 0.1) is 0 Å². The summed E-state index contributed by atoms with van der Waals surface area (Å²) in [6.07, 6.45) is 2.75. The van der Waals surface area contributed by atoms with Crippen LogP contribution >= 0.6 is 0 Å². The average molecular weight is 296 g/mol. The Morgan fingerprint density at radius 2 is 1.95 bits per heavy atom. The highest BCUT2D eigenvalue weighted by molar-refractivity contribution is 5.97. The molecule has 2 rings (SSSR count). The van der Waals surface area contributed by atoms with Gasteiger partial charge in [0, 0.05) is 13.0 Å². The van der Waals surface area contributed by atoms with Crippen molar-refractivity contribution in [2.75, 3.05) is 19.6 Å². The molecule has 0 aromatic rings. The molecule has 0 aromatic carbocycles. The summed E-state index contributed by atoms with van der Waals surface area (Å²) < 4.78 is 5.41. The molecule has 0 unspecified atom stereocenters. The van der Waals surface area contributed by atoms with E-state index in [1.54, 1.807) is 0 Å². The number of ether oxygens (including phenoxy) is 1. The third kappa shape index (κ3) is 4.03. The van der Waals surface area contributed by atoms with Gasteiger partial charge in [0.25, 0.3) is 0 Å². The lowest BCUT2D eigenvalue weighted by molar-refractivity contribution is -0.160. The molecule has 6 nitrogen and oxygen atoms in total. The number of imide groups is 1. The van der Waals surface area contributed by atoms with Gasteiger partial charge in [0.05, 0.1) is 6.54 Å². The van der Waals surface area contributed by atoms with E-state index < -0.39 is 5.60 Å². The molecule has 2 heterocycles. The summed E-state index contributed by atoms with van der Waals surface area (Å²) in [4.78, 5) is 39.1. The normalized spacial score (nSPS) is 23.7. The first-order chi connectivity index (χ1) is 9.78. The van der Waals surface area contributed by atoms with Gasteiger partial charge in [0.15, 0.2) is 0 Å². The maximum absolute atomic E-state index is 12.2. The van der Waals surface area contributed by atoms with Gasteiger partial charge >= 0.3 is 5.97 Å². The summed E-state index contributed by atoms with van der Waals surface area (Å²) in [5.41, 5.74) is -0.528. The Morgan fingerprint density at radius 3 is 2.52 bits per heavy atom. The zero-order valence-corrected chi connectivity index (χ0v) is 13.1. The van der Waals surface area contributed by atoms with E-state index >= 15 is 0 Å². The molecule has 0 radical (unpaired) electrons. The number of rotatable bonds is 3. The number of likely N-dealkylation sites (tertiary alicyclic amines) is 2. The summed E-state index contributed by atoms with van der Waals surface area (Å²) in [6.45, 7) is 6.81. The molecule has 21 heavy (non-hydrogen) atoms. The van der Waals surface area contributed by atoms with Crippen LogP contribution in [0.25, 0.3) is 0 Å². The molecule has 0 aliphatic carbocycles. The molecule has 2 fully saturated rings. The standard InChI is InChI=1S/C15H24N2O4/c1-15(2,3)21-14(20)11-6-4-8-16(11)10-13(19)17-9-5-7-12(17)18/h11H,4-10H2,1-3H3/t11-/m1/s1. The summed E-state index contributed by atoms with van der Waals surface area (Å²) in [5.74, 6) is -0.582. The van der Waals surface area contributed by atoms with Crippen LogP contribution in [-0.4, -0.2) is 58.9 Å². The van der Waals surface area contributed by atoms with Gasteiger partial charge in [-0.25, -0.2) is 0 Å². The third-order valence-electron chi connectivity index (χ3n) is 3.76. The van der Waals surface area contributed by atoms with E-state index in [4.69, 9.17) is 4.74 Å². The highest BCUT2D eigenvalue weighted by Crippen LogP contribution is 2.21. The summed E-state index contributed by atoms with van der Waals surface area (Å²) in [6, 6.07) is -0.370. The number of carbonyl (C=O) groups excluding carboxylic acids is 3. The maximum atomic E-state index is 12.2. The number of nitrogens with zero attached hydrogens (tertiary/aromatic N) is 2. The lowest BCUT2D eigenvalue weighted by atomic mass is 10.1. The zero-order chi connectivity index (χ0) is 15.6. The van der Waals surface area contributed by atoms with Crippen LogP contribution in [0.4, 0.5) is 0 Å². The van der Waals surface area contributed by atoms with Gasteiger partial charge in [0.1, 0.15) is 11.6 Å². The fraction of sp³-hybridized carbons (Fsp3) is 0.800. The summed E-state index contributed by atoms with van der Waals surface area (Å²) in [5, 5.41) is 0. The molecule has 1 atom stereocenters. The van der Waals surface area contributed by atoms with Gasteiger partial charge in [-0.05, 0) is 46.6 Å². The van der Waals surface area contributed by atoms with Crippen molar-refractivity contribution in [3.63, 3.8) is 0 Å². The van der Waals surface area contributed by atoms with Gasteiger partial charge in [0.2, 0.25) is 11.8 Å². The Kier molecular flexibility index (Phi) is 4.66. The van der Waals surface area contributed by atoms with E-state index in [1.165, 1.54) is 4.90 Å². The van der Waals surface area contributed by atoms with Gasteiger partial charge in [-0.15, -0.1) is 0 Å². The quantitative estimate of drug-likeness (QED) is 0.725. The first-order valence-corrected chi connectivity index (χ1v) is 7.58. The molecule has 6 heteroatoms. The van der Waals surface area contributed by atoms with E-state index in [2.05, 4.69) is 0 Å². The topological polar surface area (TPSA) is 66.9 Å². The second-order valence-corrected chi connectivity index (χ2v) is 6.70. The number of hydrogen-bond donors (Lipinski definition) is 0. The molecule has 0 N–H and O–H groups in total. The van der Waals surface area contributed by atoms with Crippen LogP contribution in [0.1, 0.15) is 46.5 Å². The smallest absolute Gasteiger partial charge is 0.323 e. The van der Waals surface area contributed by atoms with Crippen molar-refractivity contribution in [2.45, 2.75) is 58.1 Å². The monoisotopic (exact) mass is 296 g/mol. The van der Waals surface area contributed by atoms with Crippen LogP contribution in [0.5, 0.6) is 0 Å². The van der Waals surface area contributed by atoms with Gasteiger partial charge in [-0.3, -0.25) is 24.2 Å². The van der Waals surface area contributed by atoms with Crippen molar-refractivity contribution in [2.24, 2.45) is 0 Å². The summed E-state index contributed by atoms with van der Waals surface area (Å²) in [7, 11) is 0. The van der Waals surface area contributed by atoms with E-state index in [1.807, 2.05) is 25.7 Å². The van der Waals surface area contributed by atoms with Crippen LogP contribution in [0.15, 0.2) is 0 Å². The third-order valence-corrected chi connectivity index (χ3v) is 3.76. The first-order valence-electron chi connectivity index (χ1n) is 7.58. The van der Waals surface area contributed by atoms with Crippen molar-refractivity contribution < 1.29 is 19.1 Å². The van der Waals surface area contributed by atoms with E-state index in [0.717, 1.165) is 12.8 Å². The van der Waals surface area contributed by atoms with Crippen LogP contribution in [0.2, 0.25) is 0 Å². The second-order valence-electron chi connectivity index (χ2n) is 6.70. The van der Waals surface area contributed by atoms with Gasteiger partial charge in [-0.1, -0.05) is 0 Å². The Bertz CT molecular complexity index is 441. The number of carbonyl (C=O) groups is 3. The molecule has 0 aromatic heterocycles. The highest BCUT2D eigenvalue weighted by Gasteiger charge is 2.37. The van der Waals surface area contributed by atoms with Crippen LogP contribution in [0.3, 0.4) is 0 Å². The second kappa shape index (κ2) is 6.13. The molecule has 0 spiro atoms.